The van der Waals surface area contributed by atoms with Gasteiger partial charge in [0.2, 0.25) is 0 Å². The zero-order valence-corrected chi connectivity index (χ0v) is 10.6. The standard InChI is InChI=1S/C13H23NO2/c1-9-6-10(2)8-13(7-9,12(15)16-3)14-11-4-5-11/h9-11,14H,4-8H2,1-3H3. The van der Waals surface area contributed by atoms with Gasteiger partial charge in [-0.3, -0.25) is 10.1 Å². The summed E-state index contributed by atoms with van der Waals surface area (Å²) in [6, 6.07) is 0.552. The van der Waals surface area contributed by atoms with E-state index in [-0.39, 0.29) is 5.97 Å². The van der Waals surface area contributed by atoms with Crippen molar-refractivity contribution >= 4 is 5.97 Å². The Hall–Kier alpha value is -0.570. The predicted octanol–water partition coefficient (Wildman–Crippen LogP) is 2.11. The number of ether oxygens (including phenoxy) is 1. The largest absolute Gasteiger partial charge is 0.468 e. The SMILES string of the molecule is COC(=O)C1(NC2CC2)CC(C)CC(C)C1. The summed E-state index contributed by atoms with van der Waals surface area (Å²) in [6.45, 7) is 4.48. The van der Waals surface area contributed by atoms with Crippen LogP contribution in [0.5, 0.6) is 0 Å². The number of hydrogen-bond donors (Lipinski definition) is 1. The van der Waals surface area contributed by atoms with E-state index in [2.05, 4.69) is 19.2 Å². The quantitative estimate of drug-likeness (QED) is 0.748. The average molecular weight is 225 g/mol. The van der Waals surface area contributed by atoms with Crippen molar-refractivity contribution in [1.29, 1.82) is 0 Å². The highest BCUT2D eigenvalue weighted by atomic mass is 16.5. The van der Waals surface area contributed by atoms with Gasteiger partial charge in [-0.05, 0) is 43.9 Å². The van der Waals surface area contributed by atoms with Gasteiger partial charge < -0.3 is 4.74 Å². The van der Waals surface area contributed by atoms with Crippen LogP contribution in [0.4, 0.5) is 0 Å². The van der Waals surface area contributed by atoms with Crippen LogP contribution in [0.2, 0.25) is 0 Å². The summed E-state index contributed by atoms with van der Waals surface area (Å²) in [5.41, 5.74) is -0.396. The molecular weight excluding hydrogens is 202 g/mol. The molecule has 0 heterocycles. The molecule has 0 amide bonds. The van der Waals surface area contributed by atoms with E-state index in [1.807, 2.05) is 0 Å². The highest BCUT2D eigenvalue weighted by molar-refractivity contribution is 5.81. The van der Waals surface area contributed by atoms with Crippen LogP contribution < -0.4 is 5.32 Å². The summed E-state index contributed by atoms with van der Waals surface area (Å²) in [6.07, 6.45) is 5.51. The Morgan fingerprint density at radius 2 is 1.81 bits per heavy atom. The van der Waals surface area contributed by atoms with Gasteiger partial charge in [0.1, 0.15) is 5.54 Å². The van der Waals surface area contributed by atoms with E-state index in [0.29, 0.717) is 17.9 Å². The molecule has 2 saturated carbocycles. The van der Waals surface area contributed by atoms with E-state index in [4.69, 9.17) is 4.74 Å². The van der Waals surface area contributed by atoms with Crippen molar-refractivity contribution in [3.63, 3.8) is 0 Å². The lowest BCUT2D eigenvalue weighted by Crippen LogP contribution is -2.57. The van der Waals surface area contributed by atoms with Crippen LogP contribution in [0.3, 0.4) is 0 Å². The molecule has 16 heavy (non-hydrogen) atoms. The predicted molar refractivity (Wildman–Crippen MR) is 63.1 cm³/mol. The molecule has 2 aliphatic carbocycles. The van der Waals surface area contributed by atoms with Crippen LogP contribution in [-0.4, -0.2) is 24.7 Å². The molecule has 2 rings (SSSR count). The van der Waals surface area contributed by atoms with Gasteiger partial charge in [-0.25, -0.2) is 0 Å². The van der Waals surface area contributed by atoms with E-state index in [9.17, 15) is 4.79 Å². The van der Waals surface area contributed by atoms with Gasteiger partial charge in [-0.1, -0.05) is 13.8 Å². The molecule has 3 nitrogen and oxygen atoms in total. The van der Waals surface area contributed by atoms with Crippen molar-refractivity contribution in [3.8, 4) is 0 Å². The van der Waals surface area contributed by atoms with Crippen LogP contribution in [-0.2, 0) is 9.53 Å². The number of carbonyl (C=O) groups is 1. The van der Waals surface area contributed by atoms with Crippen molar-refractivity contribution in [2.75, 3.05) is 7.11 Å². The molecule has 0 saturated heterocycles. The maximum Gasteiger partial charge on any atom is 0.326 e. The third-order valence-corrected chi connectivity index (χ3v) is 3.83. The Morgan fingerprint density at radius 1 is 1.25 bits per heavy atom. The van der Waals surface area contributed by atoms with Crippen molar-refractivity contribution in [2.24, 2.45) is 11.8 Å². The molecule has 0 aromatic carbocycles. The summed E-state index contributed by atoms with van der Waals surface area (Å²) >= 11 is 0. The van der Waals surface area contributed by atoms with Gasteiger partial charge in [0.25, 0.3) is 0 Å². The zero-order chi connectivity index (χ0) is 11.8. The van der Waals surface area contributed by atoms with Gasteiger partial charge in [-0.2, -0.15) is 0 Å². The van der Waals surface area contributed by atoms with Crippen LogP contribution in [0.15, 0.2) is 0 Å². The van der Waals surface area contributed by atoms with E-state index in [0.717, 1.165) is 12.8 Å². The van der Waals surface area contributed by atoms with Crippen molar-refractivity contribution in [1.82, 2.24) is 5.32 Å². The Labute approximate surface area is 97.9 Å². The number of esters is 1. The minimum Gasteiger partial charge on any atom is -0.468 e. The highest BCUT2D eigenvalue weighted by Gasteiger charge is 2.47. The lowest BCUT2D eigenvalue weighted by atomic mass is 9.71. The third-order valence-electron chi connectivity index (χ3n) is 3.83. The molecule has 3 heteroatoms. The molecule has 0 aromatic rings. The smallest absolute Gasteiger partial charge is 0.326 e. The molecule has 0 spiro atoms. The van der Waals surface area contributed by atoms with Crippen molar-refractivity contribution < 1.29 is 9.53 Å². The van der Waals surface area contributed by atoms with Crippen LogP contribution in [0, 0.1) is 11.8 Å². The van der Waals surface area contributed by atoms with Crippen LogP contribution in [0.1, 0.15) is 46.0 Å². The second-order valence-electron chi connectivity index (χ2n) is 5.85. The minimum atomic E-state index is -0.396. The first-order valence-electron chi connectivity index (χ1n) is 6.42. The monoisotopic (exact) mass is 225 g/mol. The number of hydrogen-bond acceptors (Lipinski definition) is 3. The molecule has 2 atom stereocenters. The summed E-state index contributed by atoms with van der Waals surface area (Å²) < 4.78 is 5.02. The molecule has 0 bridgehead atoms. The number of methoxy groups -OCH3 is 1. The second kappa shape index (κ2) is 4.36. The number of carbonyl (C=O) groups excluding carboxylic acids is 1. The Bertz CT molecular complexity index is 258. The fraction of sp³-hybridized carbons (Fsp3) is 0.923. The maximum atomic E-state index is 12.1. The molecule has 1 N–H and O–H groups in total. The first-order valence-corrected chi connectivity index (χ1v) is 6.42. The van der Waals surface area contributed by atoms with E-state index >= 15 is 0 Å². The Kier molecular flexibility index (Phi) is 3.24. The van der Waals surface area contributed by atoms with Crippen LogP contribution in [0.25, 0.3) is 0 Å². The van der Waals surface area contributed by atoms with E-state index in [1.54, 1.807) is 0 Å². The molecule has 92 valence electrons. The molecule has 0 aromatic heterocycles. The normalized spacial score (nSPS) is 39.4. The lowest BCUT2D eigenvalue weighted by molar-refractivity contribution is -0.152. The highest BCUT2D eigenvalue weighted by Crippen LogP contribution is 2.39. The van der Waals surface area contributed by atoms with Gasteiger partial charge in [-0.15, -0.1) is 0 Å². The molecule has 2 unspecified atom stereocenters. The lowest BCUT2D eigenvalue weighted by Gasteiger charge is -2.41. The fourth-order valence-electron chi connectivity index (χ4n) is 3.28. The minimum absolute atomic E-state index is 0.0576. The summed E-state index contributed by atoms with van der Waals surface area (Å²) in [7, 11) is 1.50. The zero-order valence-electron chi connectivity index (χ0n) is 10.6. The van der Waals surface area contributed by atoms with Crippen molar-refractivity contribution in [3.05, 3.63) is 0 Å². The van der Waals surface area contributed by atoms with Gasteiger partial charge >= 0.3 is 5.97 Å². The van der Waals surface area contributed by atoms with E-state index in [1.165, 1.54) is 26.4 Å². The molecule has 2 fully saturated rings. The first-order chi connectivity index (χ1) is 7.55. The number of rotatable bonds is 3. The molecule has 2 aliphatic rings. The van der Waals surface area contributed by atoms with Crippen LogP contribution >= 0.6 is 0 Å². The second-order valence-corrected chi connectivity index (χ2v) is 5.85. The fourth-order valence-corrected chi connectivity index (χ4v) is 3.28. The van der Waals surface area contributed by atoms with E-state index < -0.39 is 5.54 Å². The third kappa shape index (κ3) is 2.40. The van der Waals surface area contributed by atoms with Gasteiger partial charge in [0.15, 0.2) is 0 Å². The van der Waals surface area contributed by atoms with Gasteiger partial charge in [0.05, 0.1) is 7.11 Å². The Balaban J connectivity index is 2.14. The topological polar surface area (TPSA) is 38.3 Å². The Morgan fingerprint density at radius 3 is 2.25 bits per heavy atom. The number of nitrogens with one attached hydrogen (secondary N) is 1. The van der Waals surface area contributed by atoms with Gasteiger partial charge in [0, 0.05) is 6.04 Å². The molecule has 0 aliphatic heterocycles. The molecule has 0 radical (unpaired) electrons. The first kappa shape index (κ1) is 11.9. The summed E-state index contributed by atoms with van der Waals surface area (Å²) in [4.78, 5) is 12.1. The summed E-state index contributed by atoms with van der Waals surface area (Å²) in [5, 5.41) is 3.54. The summed E-state index contributed by atoms with van der Waals surface area (Å²) in [5.74, 6) is 1.15. The maximum absolute atomic E-state index is 12.1. The average Bonchev–Trinajstić information content (AvgIpc) is 2.98. The molecular formula is C13H23NO2. The van der Waals surface area contributed by atoms with Crippen molar-refractivity contribution in [2.45, 2.75) is 57.5 Å².